The van der Waals surface area contributed by atoms with E-state index in [4.69, 9.17) is 0 Å². The molecular weight excluding hydrogens is 240 g/mol. The van der Waals surface area contributed by atoms with E-state index >= 15 is 0 Å². The van der Waals surface area contributed by atoms with Crippen molar-refractivity contribution < 1.29 is 0 Å². The van der Waals surface area contributed by atoms with E-state index in [2.05, 4.69) is 33.2 Å². The van der Waals surface area contributed by atoms with Crippen LogP contribution in [0.5, 0.6) is 0 Å². The number of nitrogens with one attached hydrogen (secondary N) is 1. The molecule has 0 saturated heterocycles. The summed E-state index contributed by atoms with van der Waals surface area (Å²) in [6.45, 7) is 0.949. The van der Waals surface area contributed by atoms with Gasteiger partial charge < -0.3 is 5.32 Å². The number of fused-ring (bicyclic) bond motifs is 1. The molecule has 0 aliphatic carbocycles. The average molecular weight is 254 g/mol. The molecule has 2 heterocycles. The van der Waals surface area contributed by atoms with Gasteiger partial charge in [0, 0.05) is 23.8 Å². The molecule has 0 amide bonds. The van der Waals surface area contributed by atoms with Gasteiger partial charge in [-0.25, -0.2) is 0 Å². The van der Waals surface area contributed by atoms with E-state index in [1.54, 1.807) is 11.3 Å². The molecule has 3 heteroatoms. The number of benzene rings is 1. The van der Waals surface area contributed by atoms with E-state index in [9.17, 15) is 0 Å². The Kier molecular flexibility index (Phi) is 3.24. The molecule has 0 aliphatic heterocycles. The summed E-state index contributed by atoms with van der Waals surface area (Å²) < 4.78 is 0. The molecule has 0 radical (unpaired) electrons. The lowest BCUT2D eigenvalue weighted by molar-refractivity contribution is 1.03. The van der Waals surface area contributed by atoms with Crippen molar-refractivity contribution in [2.45, 2.75) is 6.42 Å². The second-order valence-corrected chi connectivity index (χ2v) is 4.96. The van der Waals surface area contributed by atoms with E-state index < -0.39 is 0 Å². The molecule has 2 aromatic heterocycles. The van der Waals surface area contributed by atoms with Gasteiger partial charge in [0.05, 0.1) is 5.52 Å². The minimum absolute atomic E-state index is 0.949. The van der Waals surface area contributed by atoms with Crippen LogP contribution in [-0.4, -0.2) is 11.5 Å². The number of rotatable bonds is 4. The zero-order valence-electron chi connectivity index (χ0n) is 9.97. The summed E-state index contributed by atoms with van der Waals surface area (Å²) in [5.74, 6) is 0. The number of para-hydroxylation sites is 1. The van der Waals surface area contributed by atoms with Gasteiger partial charge in [-0.3, -0.25) is 4.98 Å². The fourth-order valence-corrected chi connectivity index (χ4v) is 2.73. The van der Waals surface area contributed by atoms with Crippen molar-refractivity contribution in [2.24, 2.45) is 0 Å². The van der Waals surface area contributed by atoms with Crippen molar-refractivity contribution in [1.29, 1.82) is 0 Å². The minimum Gasteiger partial charge on any atom is -0.384 e. The number of anilines is 1. The minimum atomic E-state index is 0.949. The molecule has 0 fully saturated rings. The summed E-state index contributed by atoms with van der Waals surface area (Å²) in [7, 11) is 0. The second-order valence-electron chi connectivity index (χ2n) is 4.18. The molecule has 0 aliphatic rings. The molecule has 0 spiro atoms. The van der Waals surface area contributed by atoms with Crippen LogP contribution in [0.1, 0.15) is 5.56 Å². The van der Waals surface area contributed by atoms with Gasteiger partial charge in [0.1, 0.15) is 0 Å². The summed E-state index contributed by atoms with van der Waals surface area (Å²) in [6, 6.07) is 12.4. The van der Waals surface area contributed by atoms with Gasteiger partial charge in [-0.1, -0.05) is 18.2 Å². The zero-order chi connectivity index (χ0) is 12.2. The summed E-state index contributed by atoms with van der Waals surface area (Å²) in [5.41, 5.74) is 3.60. The van der Waals surface area contributed by atoms with Gasteiger partial charge in [-0.05, 0) is 40.9 Å². The van der Waals surface area contributed by atoms with E-state index in [-0.39, 0.29) is 0 Å². The van der Waals surface area contributed by atoms with Crippen molar-refractivity contribution in [3.63, 3.8) is 0 Å². The van der Waals surface area contributed by atoms with Gasteiger partial charge >= 0.3 is 0 Å². The predicted molar refractivity (Wildman–Crippen MR) is 78.3 cm³/mol. The number of hydrogen-bond acceptors (Lipinski definition) is 3. The Hall–Kier alpha value is -1.87. The molecule has 0 atom stereocenters. The maximum atomic E-state index is 4.36. The predicted octanol–water partition coefficient (Wildman–Crippen LogP) is 3.95. The van der Waals surface area contributed by atoms with E-state index in [1.165, 1.54) is 10.9 Å². The standard InChI is InChI=1S/C15H14N2S/c1-2-4-14-13(3-1)15(6-9-17-14)16-8-5-12-7-10-18-11-12/h1-4,6-7,9-11H,5,8H2,(H,16,17). The Bertz CT molecular complexity index is 627. The molecular formula is C15H14N2S. The Morgan fingerprint density at radius 2 is 2.06 bits per heavy atom. The SMILES string of the molecule is c1ccc2c(NCCc3ccsc3)ccnc2c1. The molecule has 0 saturated carbocycles. The van der Waals surface area contributed by atoms with Gasteiger partial charge in [0.25, 0.3) is 0 Å². The molecule has 0 bridgehead atoms. The number of hydrogen-bond donors (Lipinski definition) is 1. The first-order chi connectivity index (χ1) is 8.93. The first-order valence-electron chi connectivity index (χ1n) is 6.02. The summed E-state index contributed by atoms with van der Waals surface area (Å²) in [5, 5.41) is 9.00. The zero-order valence-corrected chi connectivity index (χ0v) is 10.8. The molecule has 3 aromatic rings. The van der Waals surface area contributed by atoms with Crippen molar-refractivity contribution in [3.05, 3.63) is 58.9 Å². The first kappa shape index (κ1) is 11.2. The van der Waals surface area contributed by atoms with Crippen LogP contribution in [-0.2, 0) is 6.42 Å². The lowest BCUT2D eigenvalue weighted by Crippen LogP contribution is -2.04. The third-order valence-corrected chi connectivity index (χ3v) is 3.69. The van der Waals surface area contributed by atoms with Crippen molar-refractivity contribution in [2.75, 3.05) is 11.9 Å². The summed E-state index contributed by atoms with van der Waals surface area (Å²) in [6.07, 6.45) is 2.91. The van der Waals surface area contributed by atoms with E-state index in [0.29, 0.717) is 0 Å². The molecule has 1 aromatic carbocycles. The van der Waals surface area contributed by atoms with Gasteiger partial charge in [-0.15, -0.1) is 0 Å². The third kappa shape index (κ3) is 2.36. The molecule has 3 rings (SSSR count). The molecule has 1 N–H and O–H groups in total. The number of pyridine rings is 1. The number of thiophene rings is 1. The van der Waals surface area contributed by atoms with Crippen LogP contribution >= 0.6 is 11.3 Å². The Morgan fingerprint density at radius 1 is 1.11 bits per heavy atom. The largest absolute Gasteiger partial charge is 0.384 e. The van der Waals surface area contributed by atoms with Crippen LogP contribution < -0.4 is 5.32 Å². The van der Waals surface area contributed by atoms with Crippen molar-refractivity contribution in [3.8, 4) is 0 Å². The quantitative estimate of drug-likeness (QED) is 0.762. The van der Waals surface area contributed by atoms with Crippen molar-refractivity contribution in [1.82, 2.24) is 4.98 Å². The number of aromatic nitrogens is 1. The van der Waals surface area contributed by atoms with Crippen molar-refractivity contribution >= 4 is 27.9 Å². The highest BCUT2D eigenvalue weighted by atomic mass is 32.1. The number of nitrogens with zero attached hydrogens (tertiary/aromatic N) is 1. The van der Waals surface area contributed by atoms with Gasteiger partial charge in [0.15, 0.2) is 0 Å². The Labute approximate surface area is 110 Å². The third-order valence-electron chi connectivity index (χ3n) is 2.96. The smallest absolute Gasteiger partial charge is 0.0722 e. The van der Waals surface area contributed by atoms with Crippen LogP contribution in [0.25, 0.3) is 10.9 Å². The molecule has 0 unspecified atom stereocenters. The maximum absolute atomic E-state index is 4.36. The highest BCUT2D eigenvalue weighted by molar-refractivity contribution is 7.07. The Balaban J connectivity index is 1.74. The van der Waals surface area contributed by atoms with Crippen LogP contribution in [0.2, 0.25) is 0 Å². The molecule has 18 heavy (non-hydrogen) atoms. The van der Waals surface area contributed by atoms with E-state index in [1.807, 2.05) is 30.5 Å². The van der Waals surface area contributed by atoms with Gasteiger partial charge in [-0.2, -0.15) is 11.3 Å². The fraction of sp³-hybridized carbons (Fsp3) is 0.133. The van der Waals surface area contributed by atoms with Crippen LogP contribution in [0.15, 0.2) is 53.4 Å². The Morgan fingerprint density at radius 3 is 2.94 bits per heavy atom. The highest BCUT2D eigenvalue weighted by Crippen LogP contribution is 2.20. The fourth-order valence-electron chi connectivity index (χ4n) is 2.03. The van der Waals surface area contributed by atoms with Crippen LogP contribution in [0, 0.1) is 0 Å². The monoisotopic (exact) mass is 254 g/mol. The topological polar surface area (TPSA) is 24.9 Å². The average Bonchev–Trinajstić information content (AvgIpc) is 2.92. The highest BCUT2D eigenvalue weighted by Gasteiger charge is 2.00. The lowest BCUT2D eigenvalue weighted by atomic mass is 10.2. The summed E-state index contributed by atoms with van der Waals surface area (Å²) >= 11 is 1.75. The maximum Gasteiger partial charge on any atom is 0.0722 e. The summed E-state index contributed by atoms with van der Waals surface area (Å²) in [4.78, 5) is 4.36. The molecule has 2 nitrogen and oxygen atoms in total. The van der Waals surface area contributed by atoms with Gasteiger partial charge in [0.2, 0.25) is 0 Å². The van der Waals surface area contributed by atoms with Crippen LogP contribution in [0.4, 0.5) is 5.69 Å². The first-order valence-corrected chi connectivity index (χ1v) is 6.96. The normalized spacial score (nSPS) is 10.7. The second kappa shape index (κ2) is 5.19. The lowest BCUT2D eigenvalue weighted by Gasteiger charge is -2.08. The van der Waals surface area contributed by atoms with E-state index in [0.717, 1.165) is 24.2 Å². The van der Waals surface area contributed by atoms with Crippen LogP contribution in [0.3, 0.4) is 0 Å². The molecule has 90 valence electrons.